The molecule has 9 nitrogen and oxygen atoms in total. The molecule has 0 radical (unpaired) electrons. The Bertz CT molecular complexity index is 1370. The average Bonchev–Trinajstić information content (AvgIpc) is 3.57. The molecule has 1 aliphatic carbocycles. The number of aromatic hydroxyl groups is 1. The lowest BCUT2D eigenvalue weighted by molar-refractivity contribution is -0.112. The maximum absolute atomic E-state index is 13.0. The number of ether oxygens (including phenoxy) is 1. The second-order valence-corrected chi connectivity index (χ2v) is 8.04. The minimum absolute atomic E-state index is 0.0190. The number of esters is 1. The van der Waals surface area contributed by atoms with Gasteiger partial charge in [0.1, 0.15) is 5.76 Å². The van der Waals surface area contributed by atoms with Gasteiger partial charge in [0.2, 0.25) is 5.76 Å². The molecule has 1 aromatic heterocycles. The highest BCUT2D eigenvalue weighted by Crippen LogP contribution is 2.36. The fraction of sp³-hybridized carbons (Fsp3) is 0.200. The number of fused-ring (bicyclic) bond motifs is 1. The lowest BCUT2D eigenvalue weighted by atomic mass is 10.1. The van der Waals surface area contributed by atoms with Gasteiger partial charge in [-0.1, -0.05) is 12.1 Å². The molecular weight excluding hydrogens is 436 g/mol. The maximum Gasteiger partial charge on any atom is 0.373 e. The summed E-state index contributed by atoms with van der Waals surface area (Å²) in [6.45, 7) is 1.71. The number of carbonyl (C=O) groups excluding carboxylic acids is 2. The van der Waals surface area contributed by atoms with Crippen LogP contribution in [-0.2, 0) is 22.4 Å². The van der Waals surface area contributed by atoms with Crippen molar-refractivity contribution in [3.8, 4) is 17.1 Å². The number of anilines is 2. The predicted octanol–water partition coefficient (Wildman–Crippen LogP) is 4.12. The van der Waals surface area contributed by atoms with Crippen LogP contribution in [0.1, 0.15) is 35.0 Å². The fourth-order valence-electron chi connectivity index (χ4n) is 4.13. The van der Waals surface area contributed by atoms with Gasteiger partial charge in [-0.25, -0.2) is 4.79 Å². The highest BCUT2D eigenvalue weighted by Gasteiger charge is 2.31. The Balaban J connectivity index is 1.38. The van der Waals surface area contributed by atoms with Crippen molar-refractivity contribution >= 4 is 34.7 Å². The van der Waals surface area contributed by atoms with Crippen molar-refractivity contribution in [3.05, 3.63) is 65.4 Å². The van der Waals surface area contributed by atoms with E-state index in [4.69, 9.17) is 4.42 Å². The third kappa shape index (κ3) is 3.71. The van der Waals surface area contributed by atoms with Crippen LogP contribution in [-0.4, -0.2) is 35.5 Å². The Labute approximate surface area is 195 Å². The number of aryl methyl sites for hydroxylation is 2. The van der Waals surface area contributed by atoms with E-state index in [9.17, 15) is 14.7 Å². The second-order valence-electron chi connectivity index (χ2n) is 8.04. The number of phenols is 1. The number of nitrogens with one attached hydrogen (secondary N) is 1. The zero-order chi connectivity index (χ0) is 23.8. The largest absolute Gasteiger partial charge is 0.505 e. The van der Waals surface area contributed by atoms with Gasteiger partial charge in [-0.3, -0.25) is 10.2 Å². The lowest BCUT2D eigenvalue weighted by Crippen LogP contribution is -2.28. The van der Waals surface area contributed by atoms with Gasteiger partial charge in [0.25, 0.3) is 0 Å². The number of methoxy groups -OCH3 is 1. The topological polar surface area (TPSA) is 117 Å². The zero-order valence-electron chi connectivity index (χ0n) is 18.7. The third-order valence-electron chi connectivity index (χ3n) is 5.90. The summed E-state index contributed by atoms with van der Waals surface area (Å²) in [6.07, 6.45) is 3.19. The van der Waals surface area contributed by atoms with Crippen molar-refractivity contribution in [2.75, 3.05) is 17.5 Å². The number of furan rings is 1. The number of carbonyl (C=O) groups is 2. The van der Waals surface area contributed by atoms with E-state index in [1.165, 1.54) is 29.3 Å². The number of hydrogen-bond acceptors (Lipinski definition) is 8. The van der Waals surface area contributed by atoms with Crippen LogP contribution in [0.4, 0.5) is 11.4 Å². The van der Waals surface area contributed by atoms with Gasteiger partial charge < -0.3 is 14.3 Å². The van der Waals surface area contributed by atoms with Crippen molar-refractivity contribution in [1.82, 2.24) is 0 Å². The van der Waals surface area contributed by atoms with E-state index in [0.29, 0.717) is 17.0 Å². The van der Waals surface area contributed by atoms with E-state index in [0.717, 1.165) is 19.3 Å². The molecule has 2 aromatic carbocycles. The molecule has 172 valence electrons. The molecule has 5 rings (SSSR count). The summed E-state index contributed by atoms with van der Waals surface area (Å²) in [7, 11) is 1.26. The molecule has 9 heteroatoms. The Morgan fingerprint density at radius 2 is 2.00 bits per heavy atom. The number of rotatable bonds is 5. The smallest absolute Gasteiger partial charge is 0.373 e. The van der Waals surface area contributed by atoms with Gasteiger partial charge in [0.05, 0.1) is 29.8 Å². The van der Waals surface area contributed by atoms with Gasteiger partial charge in [-0.05, 0) is 73.7 Å². The Hall–Kier alpha value is -4.40. The monoisotopic (exact) mass is 458 g/mol. The summed E-state index contributed by atoms with van der Waals surface area (Å²) in [6, 6.07) is 13.9. The second kappa shape index (κ2) is 8.51. The fourth-order valence-corrected chi connectivity index (χ4v) is 4.13. The summed E-state index contributed by atoms with van der Waals surface area (Å²) in [4.78, 5) is 24.7. The molecule has 1 aliphatic heterocycles. The zero-order valence-corrected chi connectivity index (χ0v) is 18.7. The Morgan fingerprint density at radius 1 is 1.18 bits per heavy atom. The summed E-state index contributed by atoms with van der Waals surface area (Å²) in [5.74, 6) is -0.813. The highest BCUT2D eigenvalue weighted by molar-refractivity contribution is 6.71. The molecule has 0 saturated carbocycles. The normalized spacial score (nSPS) is 16.1. The third-order valence-corrected chi connectivity index (χ3v) is 5.90. The number of hydrogen-bond donors (Lipinski definition) is 2. The van der Waals surface area contributed by atoms with Crippen molar-refractivity contribution in [1.29, 1.82) is 0 Å². The van der Waals surface area contributed by atoms with Crippen LogP contribution in [0, 0.1) is 0 Å². The van der Waals surface area contributed by atoms with E-state index in [-0.39, 0.29) is 34.6 Å². The first-order chi connectivity index (χ1) is 16.5. The minimum atomic E-state index is -0.617. The lowest BCUT2D eigenvalue weighted by Gasteiger charge is -2.13. The molecule has 2 aliphatic rings. The molecule has 2 heterocycles. The van der Waals surface area contributed by atoms with Crippen molar-refractivity contribution in [2.24, 2.45) is 10.2 Å². The van der Waals surface area contributed by atoms with Crippen LogP contribution >= 0.6 is 0 Å². The van der Waals surface area contributed by atoms with Gasteiger partial charge in [0, 0.05) is 0 Å². The Morgan fingerprint density at radius 3 is 2.82 bits per heavy atom. The summed E-state index contributed by atoms with van der Waals surface area (Å²) < 4.78 is 10.1. The maximum atomic E-state index is 13.0. The minimum Gasteiger partial charge on any atom is -0.505 e. The first-order valence-electron chi connectivity index (χ1n) is 10.8. The van der Waals surface area contributed by atoms with Crippen molar-refractivity contribution < 1.29 is 23.8 Å². The SMILES string of the molecule is COC(=O)c1ccc(-c2cccc(N/N=C3\C(=O)N(c4ccc5c(c4)CCC5)N=C3C)c2O)o1. The van der Waals surface area contributed by atoms with Gasteiger partial charge in [0.15, 0.2) is 11.5 Å². The number of amides is 1. The van der Waals surface area contributed by atoms with Crippen LogP contribution in [0.15, 0.2) is 63.2 Å². The molecule has 0 unspecified atom stereocenters. The summed E-state index contributed by atoms with van der Waals surface area (Å²) >= 11 is 0. The molecule has 0 fully saturated rings. The number of hydrazone groups is 2. The summed E-state index contributed by atoms with van der Waals surface area (Å²) in [5, 5.41) is 20.7. The van der Waals surface area contributed by atoms with E-state index >= 15 is 0 Å². The number of benzene rings is 2. The van der Waals surface area contributed by atoms with Gasteiger partial charge in [-0.2, -0.15) is 15.2 Å². The van der Waals surface area contributed by atoms with Crippen LogP contribution in [0.2, 0.25) is 0 Å². The highest BCUT2D eigenvalue weighted by atomic mass is 16.5. The van der Waals surface area contributed by atoms with E-state index < -0.39 is 5.97 Å². The number of nitrogens with zero attached hydrogens (tertiary/aromatic N) is 3. The molecule has 0 saturated heterocycles. The standard InChI is InChI=1S/C25H22N4O5/c1-14-22(24(31)29(28-14)17-10-9-15-5-3-6-16(15)13-17)27-26-19-8-4-7-18(23(19)30)20-11-12-21(34-20)25(32)33-2/h4,7-13,26,30H,3,5-6H2,1-2H3/b27-22-. The molecule has 1 amide bonds. The van der Waals surface area contributed by atoms with Gasteiger partial charge in [-0.15, -0.1) is 0 Å². The molecular formula is C25H22N4O5. The molecule has 0 spiro atoms. The first-order valence-corrected chi connectivity index (χ1v) is 10.8. The van der Waals surface area contributed by atoms with Crippen molar-refractivity contribution in [2.45, 2.75) is 26.2 Å². The van der Waals surface area contributed by atoms with Crippen LogP contribution in [0.25, 0.3) is 11.3 Å². The Kier molecular flexibility index (Phi) is 5.37. The predicted molar refractivity (Wildman–Crippen MR) is 127 cm³/mol. The molecule has 3 aromatic rings. The number of para-hydroxylation sites is 1. The van der Waals surface area contributed by atoms with E-state index in [1.807, 2.05) is 18.2 Å². The van der Waals surface area contributed by atoms with E-state index in [2.05, 4.69) is 20.4 Å². The average molecular weight is 458 g/mol. The molecule has 0 atom stereocenters. The molecule has 34 heavy (non-hydrogen) atoms. The number of phenolic OH excluding ortho intramolecular Hbond substituents is 1. The molecule has 2 N–H and O–H groups in total. The quantitative estimate of drug-likeness (QED) is 0.338. The molecule has 0 bridgehead atoms. The van der Waals surface area contributed by atoms with Crippen LogP contribution in [0.5, 0.6) is 5.75 Å². The van der Waals surface area contributed by atoms with Crippen LogP contribution < -0.4 is 10.4 Å². The van der Waals surface area contributed by atoms with Gasteiger partial charge >= 0.3 is 11.9 Å². The first kappa shape index (κ1) is 21.4. The van der Waals surface area contributed by atoms with E-state index in [1.54, 1.807) is 31.2 Å². The summed E-state index contributed by atoms with van der Waals surface area (Å²) in [5.41, 5.74) is 7.25. The van der Waals surface area contributed by atoms with Crippen molar-refractivity contribution in [3.63, 3.8) is 0 Å². The van der Waals surface area contributed by atoms with Crippen LogP contribution in [0.3, 0.4) is 0 Å².